The van der Waals surface area contributed by atoms with Gasteiger partial charge in [-0.3, -0.25) is 24.5 Å². The maximum Gasteiger partial charge on any atom is 0.269 e. The summed E-state index contributed by atoms with van der Waals surface area (Å²) in [7, 11) is 0. The summed E-state index contributed by atoms with van der Waals surface area (Å²) in [5.74, 6) is -2.90. The number of non-ortho nitro benzene ring substituents is 1. The summed E-state index contributed by atoms with van der Waals surface area (Å²) in [6.07, 6.45) is 1.55. The number of nitro benzene ring substituents is 1. The lowest BCUT2D eigenvalue weighted by atomic mass is 9.47. The highest BCUT2D eigenvalue weighted by atomic mass is 35.5. The van der Waals surface area contributed by atoms with Crippen molar-refractivity contribution in [1.82, 2.24) is 5.43 Å². The van der Waals surface area contributed by atoms with Crippen LogP contribution in [0.1, 0.15) is 39.3 Å². The number of nitro groups is 1. The summed E-state index contributed by atoms with van der Waals surface area (Å²) in [5, 5.41) is 15.8. The zero-order valence-electron chi connectivity index (χ0n) is 23.4. The molecular weight excluding hydrogens is 580 g/mol. The number of nitrogens with zero attached hydrogens (tertiary/aromatic N) is 3. The van der Waals surface area contributed by atoms with E-state index in [9.17, 15) is 24.5 Å². The minimum absolute atomic E-state index is 0.0527. The Balaban J connectivity index is 1.32. The van der Waals surface area contributed by atoms with E-state index in [0.717, 1.165) is 27.8 Å². The molecule has 2 atom stereocenters. The fraction of sp³-hybridized carbons (Fsp3) is 0.176. The van der Waals surface area contributed by atoms with Gasteiger partial charge in [0.1, 0.15) is 0 Å². The first-order valence-corrected chi connectivity index (χ1v) is 14.5. The predicted molar refractivity (Wildman–Crippen MR) is 165 cm³/mol. The van der Waals surface area contributed by atoms with Crippen molar-refractivity contribution in [2.24, 2.45) is 16.9 Å². The van der Waals surface area contributed by atoms with Crippen LogP contribution in [0.25, 0.3) is 0 Å². The topological polar surface area (TPSA) is 122 Å². The standard InChI is InChI=1S/C34H25ClN4O5/c1-19-10-13-21(35)17-27(19)38-32(41)30-29-23-6-2-4-8-25(23)34(31(30)33(38)42,26-9-5-3-7-24(26)29)18-36-37-28(40)16-20-11-14-22(15-12-20)39(43)44/h2-15,17-18,29-31H,16H2,1H3,(H,37,40)/b36-18-/t29?,30-,31-,34?/m0/s1. The third-order valence-electron chi connectivity index (χ3n) is 9.07. The number of benzene rings is 4. The van der Waals surface area contributed by atoms with Crippen LogP contribution >= 0.6 is 11.6 Å². The van der Waals surface area contributed by atoms with E-state index in [0.29, 0.717) is 16.3 Å². The molecule has 1 heterocycles. The van der Waals surface area contributed by atoms with Gasteiger partial charge in [0, 0.05) is 29.3 Å². The molecule has 0 aromatic heterocycles. The van der Waals surface area contributed by atoms with Gasteiger partial charge in [0.25, 0.3) is 5.69 Å². The number of anilines is 1. The molecule has 8 rings (SSSR count). The SMILES string of the molecule is Cc1ccc(Cl)cc1N1C(=O)[C@@H]2[C@@H](C1=O)C1c3ccccc3C2(/C=N\NC(=O)Cc2ccc([N+](=O)[O-])cc2)c2ccccc21. The molecule has 44 heavy (non-hydrogen) atoms. The summed E-state index contributed by atoms with van der Waals surface area (Å²) in [5.41, 5.74) is 6.80. The molecule has 4 aliphatic rings. The summed E-state index contributed by atoms with van der Waals surface area (Å²) in [4.78, 5) is 53.5. The molecule has 0 unspecified atom stereocenters. The minimum atomic E-state index is -1.14. The third kappa shape index (κ3) is 4.00. The van der Waals surface area contributed by atoms with E-state index >= 15 is 0 Å². The number of carbonyl (C=O) groups excluding carboxylic acids is 3. The zero-order valence-corrected chi connectivity index (χ0v) is 24.2. The van der Waals surface area contributed by atoms with Crippen LogP contribution in [0.5, 0.6) is 0 Å². The van der Waals surface area contributed by atoms with Crippen LogP contribution in [-0.2, 0) is 26.2 Å². The van der Waals surface area contributed by atoms with Gasteiger partial charge in [-0.15, -0.1) is 0 Å². The molecule has 4 aromatic carbocycles. The van der Waals surface area contributed by atoms with Crippen LogP contribution in [0.2, 0.25) is 5.02 Å². The zero-order chi connectivity index (χ0) is 30.7. The van der Waals surface area contributed by atoms with Crippen LogP contribution < -0.4 is 10.3 Å². The number of aryl methyl sites for hydroxylation is 1. The molecule has 1 saturated heterocycles. The number of hydrogen-bond acceptors (Lipinski definition) is 6. The lowest BCUT2D eigenvalue weighted by Crippen LogP contribution is -2.54. The molecule has 1 N–H and O–H groups in total. The van der Waals surface area contributed by atoms with E-state index in [4.69, 9.17) is 11.6 Å². The van der Waals surface area contributed by atoms with E-state index in [1.54, 1.807) is 24.4 Å². The van der Waals surface area contributed by atoms with Gasteiger partial charge < -0.3 is 0 Å². The van der Waals surface area contributed by atoms with Gasteiger partial charge >= 0.3 is 0 Å². The second kappa shape index (κ2) is 10.2. The average Bonchev–Trinajstić information content (AvgIpc) is 3.29. The van der Waals surface area contributed by atoms with E-state index in [1.165, 1.54) is 29.2 Å². The second-order valence-electron chi connectivity index (χ2n) is 11.4. The van der Waals surface area contributed by atoms with Crippen molar-refractivity contribution >= 4 is 46.9 Å². The van der Waals surface area contributed by atoms with E-state index in [1.807, 2.05) is 55.5 Å². The van der Waals surface area contributed by atoms with Crippen molar-refractivity contribution in [3.8, 4) is 0 Å². The van der Waals surface area contributed by atoms with Gasteiger partial charge in [-0.2, -0.15) is 5.10 Å². The molecule has 1 fully saturated rings. The van der Waals surface area contributed by atoms with Gasteiger partial charge in [0.05, 0.1) is 34.3 Å². The van der Waals surface area contributed by atoms with Gasteiger partial charge in [0.2, 0.25) is 17.7 Å². The Morgan fingerprint density at radius 2 is 1.61 bits per heavy atom. The molecule has 4 aromatic rings. The normalized spacial score (nSPS) is 23.0. The van der Waals surface area contributed by atoms with Crippen molar-refractivity contribution < 1.29 is 19.3 Å². The Labute approximate surface area is 257 Å². The van der Waals surface area contributed by atoms with Crippen molar-refractivity contribution in [2.45, 2.75) is 24.7 Å². The molecule has 1 aliphatic heterocycles. The third-order valence-corrected chi connectivity index (χ3v) is 9.30. The summed E-state index contributed by atoms with van der Waals surface area (Å²) in [6.45, 7) is 1.84. The molecular formula is C34H25ClN4O5. The molecule has 218 valence electrons. The first-order chi connectivity index (χ1) is 21.2. The number of rotatable bonds is 6. The molecule has 2 bridgehead atoms. The van der Waals surface area contributed by atoms with Gasteiger partial charge in [0.15, 0.2) is 0 Å². The minimum Gasteiger partial charge on any atom is -0.274 e. The number of hydrazone groups is 1. The summed E-state index contributed by atoms with van der Waals surface area (Å²) in [6, 6.07) is 26.5. The van der Waals surface area contributed by atoms with Crippen LogP contribution in [0.15, 0.2) is 96.1 Å². The molecule has 0 saturated carbocycles. The van der Waals surface area contributed by atoms with Gasteiger partial charge in [-0.25, -0.2) is 10.3 Å². The quantitative estimate of drug-likeness (QED) is 0.136. The fourth-order valence-corrected chi connectivity index (χ4v) is 7.44. The van der Waals surface area contributed by atoms with Crippen molar-refractivity contribution in [2.75, 3.05) is 4.90 Å². The van der Waals surface area contributed by atoms with Crippen molar-refractivity contribution in [3.05, 3.63) is 140 Å². The molecule has 3 aliphatic carbocycles. The van der Waals surface area contributed by atoms with Gasteiger partial charge in [-0.1, -0.05) is 78.3 Å². The maximum absolute atomic E-state index is 14.5. The Hall–Kier alpha value is -5.15. The first-order valence-electron chi connectivity index (χ1n) is 14.1. The Morgan fingerprint density at radius 3 is 2.25 bits per heavy atom. The highest BCUT2D eigenvalue weighted by molar-refractivity contribution is 6.31. The Morgan fingerprint density at radius 1 is 0.977 bits per heavy atom. The lowest BCUT2D eigenvalue weighted by molar-refractivity contribution is -0.384. The van der Waals surface area contributed by atoms with Crippen LogP contribution in [0.3, 0.4) is 0 Å². The number of halogens is 1. The molecule has 10 heteroatoms. The molecule has 0 spiro atoms. The van der Waals surface area contributed by atoms with Crippen LogP contribution in [0, 0.1) is 28.9 Å². The number of amides is 3. The van der Waals surface area contributed by atoms with Gasteiger partial charge in [-0.05, 0) is 52.4 Å². The monoisotopic (exact) mass is 604 g/mol. The summed E-state index contributed by atoms with van der Waals surface area (Å²) < 4.78 is 0. The molecule has 0 radical (unpaired) electrons. The second-order valence-corrected chi connectivity index (χ2v) is 11.8. The number of nitrogens with one attached hydrogen (secondary N) is 1. The van der Waals surface area contributed by atoms with Crippen molar-refractivity contribution in [3.63, 3.8) is 0 Å². The van der Waals surface area contributed by atoms with E-state index in [-0.39, 0.29) is 29.8 Å². The van der Waals surface area contributed by atoms with Crippen molar-refractivity contribution in [1.29, 1.82) is 0 Å². The van der Waals surface area contributed by atoms with E-state index < -0.39 is 28.1 Å². The largest absolute Gasteiger partial charge is 0.274 e. The maximum atomic E-state index is 14.5. The fourth-order valence-electron chi connectivity index (χ4n) is 7.28. The molecule has 3 amide bonds. The predicted octanol–water partition coefficient (Wildman–Crippen LogP) is 5.45. The Kier molecular flexibility index (Phi) is 6.44. The van der Waals surface area contributed by atoms with E-state index in [2.05, 4.69) is 10.5 Å². The number of carbonyl (C=O) groups is 3. The first kappa shape index (κ1) is 27.7. The summed E-state index contributed by atoms with van der Waals surface area (Å²) >= 11 is 6.32. The smallest absolute Gasteiger partial charge is 0.269 e. The highest BCUT2D eigenvalue weighted by Crippen LogP contribution is 2.63. The lowest BCUT2D eigenvalue weighted by Gasteiger charge is -2.52. The van der Waals surface area contributed by atoms with Crippen LogP contribution in [-0.4, -0.2) is 28.9 Å². The highest BCUT2D eigenvalue weighted by Gasteiger charge is 2.68. The number of hydrogen-bond donors (Lipinski definition) is 1. The molecule has 9 nitrogen and oxygen atoms in total. The average molecular weight is 605 g/mol. The number of imide groups is 1. The van der Waals surface area contributed by atoms with Crippen LogP contribution in [0.4, 0.5) is 11.4 Å². The Bertz CT molecular complexity index is 1870.